The molecule has 136 valence electrons. The Kier molecular flexibility index (Phi) is 4.78. The first-order valence-electron chi connectivity index (χ1n) is 7.75. The van der Waals surface area contributed by atoms with Gasteiger partial charge in [-0.25, -0.2) is 0 Å². The fraction of sp³-hybridized carbons (Fsp3) is 0.167. The number of hydrazine groups is 1. The second-order valence-electron chi connectivity index (χ2n) is 5.68. The van der Waals surface area contributed by atoms with Gasteiger partial charge in [-0.1, -0.05) is 12.1 Å². The molecule has 2 heterocycles. The van der Waals surface area contributed by atoms with E-state index in [0.29, 0.717) is 10.6 Å². The number of thiophene rings is 1. The Morgan fingerprint density at radius 1 is 1.08 bits per heavy atom. The zero-order valence-corrected chi connectivity index (χ0v) is 14.8. The van der Waals surface area contributed by atoms with Gasteiger partial charge in [0.1, 0.15) is 5.00 Å². The Balaban J connectivity index is 1.87. The second kappa shape index (κ2) is 6.87. The second-order valence-corrected chi connectivity index (χ2v) is 6.88. The molecule has 0 aliphatic heterocycles. The van der Waals surface area contributed by atoms with E-state index in [0.717, 1.165) is 16.5 Å². The predicted octanol–water partition coefficient (Wildman–Crippen LogP) is 4.93. The zero-order valence-electron chi connectivity index (χ0n) is 14.0. The molecule has 1 aromatic carbocycles. The lowest BCUT2D eigenvalue weighted by Crippen LogP contribution is -2.31. The molecule has 0 atom stereocenters. The van der Waals surface area contributed by atoms with Crippen LogP contribution in [0.25, 0.3) is 5.00 Å². The van der Waals surface area contributed by atoms with E-state index in [1.54, 1.807) is 0 Å². The van der Waals surface area contributed by atoms with Crippen molar-refractivity contribution < 1.29 is 18.0 Å². The highest BCUT2D eigenvalue weighted by molar-refractivity contribution is 7.15. The van der Waals surface area contributed by atoms with Crippen LogP contribution in [0.4, 0.5) is 18.9 Å². The minimum atomic E-state index is -4.51. The molecule has 0 fully saturated rings. The SMILES string of the molecule is Cc1sc(-n2cccc2)c(C(=O)NNc2ccccc2C(F)(F)F)c1C. The molecule has 0 aliphatic rings. The number of aryl methyl sites for hydroxylation is 1. The van der Waals surface area contributed by atoms with Crippen LogP contribution in [0, 0.1) is 13.8 Å². The van der Waals surface area contributed by atoms with Gasteiger partial charge >= 0.3 is 6.18 Å². The number of amides is 1. The third-order valence-corrected chi connectivity index (χ3v) is 5.20. The number of hydrogen-bond donors (Lipinski definition) is 2. The molecule has 0 aliphatic carbocycles. The van der Waals surface area contributed by atoms with E-state index in [-0.39, 0.29) is 5.69 Å². The summed E-state index contributed by atoms with van der Waals surface area (Å²) in [5.41, 5.74) is 4.97. The molecule has 3 rings (SSSR count). The van der Waals surface area contributed by atoms with Crippen LogP contribution in [-0.4, -0.2) is 10.5 Å². The molecule has 0 bridgehead atoms. The minimum Gasteiger partial charge on any atom is -0.315 e. The van der Waals surface area contributed by atoms with Gasteiger partial charge < -0.3 is 4.57 Å². The maximum absolute atomic E-state index is 13.1. The summed E-state index contributed by atoms with van der Waals surface area (Å²) in [4.78, 5) is 13.6. The number of carbonyl (C=O) groups excluding carboxylic acids is 1. The molecule has 2 aromatic heterocycles. The maximum atomic E-state index is 13.1. The van der Waals surface area contributed by atoms with Gasteiger partial charge in [0.15, 0.2) is 0 Å². The number of nitrogens with zero attached hydrogens (tertiary/aromatic N) is 1. The molecule has 3 aromatic rings. The molecule has 8 heteroatoms. The van der Waals surface area contributed by atoms with Crippen LogP contribution < -0.4 is 10.9 Å². The van der Waals surface area contributed by atoms with Crippen LogP contribution in [0.15, 0.2) is 48.8 Å². The number of anilines is 1. The molecule has 0 saturated heterocycles. The van der Waals surface area contributed by atoms with Gasteiger partial charge in [-0.15, -0.1) is 11.3 Å². The molecule has 0 saturated carbocycles. The monoisotopic (exact) mass is 379 g/mol. The van der Waals surface area contributed by atoms with E-state index < -0.39 is 17.6 Å². The van der Waals surface area contributed by atoms with Gasteiger partial charge in [0, 0.05) is 17.3 Å². The Hall–Kier alpha value is -2.74. The quantitative estimate of drug-likeness (QED) is 0.632. The van der Waals surface area contributed by atoms with Gasteiger partial charge in [0.2, 0.25) is 0 Å². The topological polar surface area (TPSA) is 46.1 Å². The van der Waals surface area contributed by atoms with Crippen LogP contribution in [0.2, 0.25) is 0 Å². The van der Waals surface area contributed by atoms with E-state index in [4.69, 9.17) is 0 Å². The first kappa shape index (κ1) is 18.1. The third kappa shape index (κ3) is 3.45. The molecule has 2 N–H and O–H groups in total. The van der Waals surface area contributed by atoms with Crippen LogP contribution >= 0.6 is 11.3 Å². The van der Waals surface area contributed by atoms with E-state index in [9.17, 15) is 18.0 Å². The minimum absolute atomic E-state index is 0.208. The average molecular weight is 379 g/mol. The van der Waals surface area contributed by atoms with Crippen molar-refractivity contribution in [3.8, 4) is 5.00 Å². The largest absolute Gasteiger partial charge is 0.418 e. The number of rotatable bonds is 4. The molecule has 26 heavy (non-hydrogen) atoms. The lowest BCUT2D eigenvalue weighted by atomic mass is 10.1. The Morgan fingerprint density at radius 3 is 2.38 bits per heavy atom. The fourth-order valence-corrected chi connectivity index (χ4v) is 3.67. The van der Waals surface area contributed by atoms with Gasteiger partial charge in [-0.3, -0.25) is 15.6 Å². The van der Waals surface area contributed by atoms with Crippen molar-refractivity contribution in [3.05, 3.63) is 70.4 Å². The Bertz CT molecular complexity index is 930. The number of alkyl halides is 3. The van der Waals surface area contributed by atoms with Crippen LogP contribution in [0.5, 0.6) is 0 Å². The van der Waals surface area contributed by atoms with Gasteiger partial charge in [0.25, 0.3) is 5.91 Å². The maximum Gasteiger partial charge on any atom is 0.418 e. The number of para-hydroxylation sites is 1. The number of nitrogens with one attached hydrogen (secondary N) is 2. The van der Waals surface area contributed by atoms with Crippen LogP contribution in [0.3, 0.4) is 0 Å². The van der Waals surface area contributed by atoms with Gasteiger partial charge in [-0.05, 0) is 43.7 Å². The molecular formula is C18H16F3N3OS. The lowest BCUT2D eigenvalue weighted by Gasteiger charge is -2.15. The summed E-state index contributed by atoms with van der Waals surface area (Å²) < 4.78 is 41.0. The van der Waals surface area contributed by atoms with Crippen LogP contribution in [0.1, 0.15) is 26.4 Å². The van der Waals surface area contributed by atoms with E-state index in [1.165, 1.54) is 29.5 Å². The van der Waals surface area contributed by atoms with Crippen LogP contribution in [-0.2, 0) is 6.18 Å². The Morgan fingerprint density at radius 2 is 1.73 bits per heavy atom. The standard InChI is InChI=1S/C18H16F3N3OS/c1-11-12(2)26-17(24-9-5-6-10-24)15(11)16(25)23-22-14-8-4-3-7-13(14)18(19,20)21/h3-10,22H,1-2H3,(H,23,25). The van der Waals surface area contributed by atoms with Crippen molar-refractivity contribution in [2.75, 3.05) is 5.43 Å². The molecule has 4 nitrogen and oxygen atoms in total. The van der Waals surface area contributed by atoms with Crippen molar-refractivity contribution in [1.82, 2.24) is 9.99 Å². The highest BCUT2D eigenvalue weighted by Gasteiger charge is 2.33. The van der Waals surface area contributed by atoms with Crippen molar-refractivity contribution in [2.45, 2.75) is 20.0 Å². The molecular weight excluding hydrogens is 363 g/mol. The smallest absolute Gasteiger partial charge is 0.315 e. The fourth-order valence-electron chi connectivity index (χ4n) is 2.55. The summed E-state index contributed by atoms with van der Waals surface area (Å²) in [6, 6.07) is 8.66. The average Bonchev–Trinajstić information content (AvgIpc) is 3.21. The normalized spacial score (nSPS) is 11.4. The summed E-state index contributed by atoms with van der Waals surface area (Å²) in [5, 5.41) is 0.716. The summed E-state index contributed by atoms with van der Waals surface area (Å²) in [5.74, 6) is -0.493. The number of halogens is 3. The molecule has 1 amide bonds. The molecule has 0 spiro atoms. The first-order chi connectivity index (χ1) is 12.3. The highest BCUT2D eigenvalue weighted by atomic mass is 32.1. The first-order valence-corrected chi connectivity index (χ1v) is 8.56. The van der Waals surface area contributed by atoms with E-state index in [2.05, 4.69) is 10.9 Å². The van der Waals surface area contributed by atoms with Gasteiger partial charge in [-0.2, -0.15) is 13.2 Å². The molecule has 0 radical (unpaired) electrons. The highest BCUT2D eigenvalue weighted by Crippen LogP contribution is 2.34. The zero-order chi connectivity index (χ0) is 18.9. The summed E-state index contributed by atoms with van der Waals surface area (Å²) >= 11 is 1.45. The summed E-state index contributed by atoms with van der Waals surface area (Å²) in [7, 11) is 0. The predicted molar refractivity (Wildman–Crippen MR) is 95.7 cm³/mol. The number of carbonyl (C=O) groups is 1. The third-order valence-electron chi connectivity index (χ3n) is 3.98. The summed E-state index contributed by atoms with van der Waals surface area (Å²) in [6.07, 6.45) is -0.888. The number of benzene rings is 1. The molecule has 0 unspecified atom stereocenters. The summed E-state index contributed by atoms with van der Waals surface area (Å²) in [6.45, 7) is 3.72. The van der Waals surface area contributed by atoms with E-state index >= 15 is 0 Å². The van der Waals surface area contributed by atoms with Crippen molar-refractivity contribution >= 4 is 22.9 Å². The Labute approximate surface area is 152 Å². The van der Waals surface area contributed by atoms with Crippen molar-refractivity contribution in [2.24, 2.45) is 0 Å². The van der Waals surface area contributed by atoms with E-state index in [1.807, 2.05) is 42.9 Å². The van der Waals surface area contributed by atoms with Crippen molar-refractivity contribution in [1.29, 1.82) is 0 Å². The lowest BCUT2D eigenvalue weighted by molar-refractivity contribution is -0.137. The number of aromatic nitrogens is 1. The van der Waals surface area contributed by atoms with Gasteiger partial charge in [0.05, 0.1) is 16.8 Å². The number of hydrogen-bond acceptors (Lipinski definition) is 3. The van der Waals surface area contributed by atoms with Crippen molar-refractivity contribution in [3.63, 3.8) is 0 Å².